The summed E-state index contributed by atoms with van der Waals surface area (Å²) in [6, 6.07) is 12.5. The number of carbonyl (C=O) groups is 3. The van der Waals surface area contributed by atoms with Crippen molar-refractivity contribution >= 4 is 52.5 Å². The molecule has 51 heavy (non-hydrogen) atoms. The summed E-state index contributed by atoms with van der Waals surface area (Å²) in [5.74, 6) is 1.97. The standard InChI is InChI=1S/C39H38N4O7S/c1-22-6-28-15-40-32-13-36(34(47-4)11-30(32)38(45)42(28)17-22)49-19-25-8-26(10-27(9-25)21-51-24(3)44)20-50-37-14-33-31(12-35(37)48-5)39(46)43-18-23(2)7-29(43)16-41-33/h8-16,28-29H,1-2,6-7,17-21H2,3-5H3/t28-,29-/m0/s1. The minimum Gasteiger partial charge on any atom is -0.493 e. The highest BCUT2D eigenvalue weighted by atomic mass is 32.2. The molecular weight excluding hydrogens is 669 g/mol. The van der Waals surface area contributed by atoms with E-state index < -0.39 is 0 Å². The lowest BCUT2D eigenvalue weighted by Crippen LogP contribution is -2.35. The summed E-state index contributed by atoms with van der Waals surface area (Å²) in [7, 11) is 3.07. The van der Waals surface area contributed by atoms with Crippen molar-refractivity contribution in [1.82, 2.24) is 9.80 Å². The predicted molar refractivity (Wildman–Crippen MR) is 197 cm³/mol. The van der Waals surface area contributed by atoms with Gasteiger partial charge in [0.15, 0.2) is 28.1 Å². The second-order valence-corrected chi connectivity index (χ2v) is 14.2. The van der Waals surface area contributed by atoms with Crippen LogP contribution >= 0.6 is 11.8 Å². The summed E-state index contributed by atoms with van der Waals surface area (Å²) in [4.78, 5) is 51.5. The van der Waals surface area contributed by atoms with Gasteiger partial charge in [0.05, 0.1) is 48.8 Å². The second kappa shape index (κ2) is 14.1. The predicted octanol–water partition coefficient (Wildman–Crippen LogP) is 6.61. The van der Waals surface area contributed by atoms with E-state index in [1.807, 2.05) is 18.2 Å². The van der Waals surface area contributed by atoms with Gasteiger partial charge in [0.1, 0.15) is 13.2 Å². The topological polar surface area (TPSA) is 119 Å². The van der Waals surface area contributed by atoms with Crippen LogP contribution in [-0.4, -0.2) is 78.6 Å². The van der Waals surface area contributed by atoms with E-state index in [1.54, 1.807) is 46.5 Å². The normalized spacial score (nSPS) is 18.9. The van der Waals surface area contributed by atoms with E-state index in [-0.39, 0.29) is 42.2 Å². The van der Waals surface area contributed by atoms with Crippen LogP contribution in [0.2, 0.25) is 0 Å². The van der Waals surface area contributed by atoms with Crippen LogP contribution in [0.5, 0.6) is 23.0 Å². The fourth-order valence-corrected chi connectivity index (χ4v) is 7.34. The smallest absolute Gasteiger partial charge is 0.257 e. The van der Waals surface area contributed by atoms with Gasteiger partial charge in [-0.25, -0.2) is 0 Å². The van der Waals surface area contributed by atoms with Crippen molar-refractivity contribution in [2.75, 3.05) is 27.3 Å². The van der Waals surface area contributed by atoms with Crippen molar-refractivity contribution in [2.24, 2.45) is 9.98 Å². The van der Waals surface area contributed by atoms with Gasteiger partial charge in [0.2, 0.25) is 0 Å². The van der Waals surface area contributed by atoms with Gasteiger partial charge in [-0.15, -0.1) is 0 Å². The first kappa shape index (κ1) is 34.1. The van der Waals surface area contributed by atoms with Crippen molar-refractivity contribution < 1.29 is 33.3 Å². The number of benzene rings is 3. The number of methoxy groups -OCH3 is 2. The number of rotatable bonds is 10. The fraction of sp³-hybridized carbons (Fsp3) is 0.308. The van der Waals surface area contributed by atoms with Gasteiger partial charge in [0.25, 0.3) is 11.8 Å². The van der Waals surface area contributed by atoms with Crippen LogP contribution in [0.1, 0.15) is 57.2 Å². The van der Waals surface area contributed by atoms with E-state index in [0.717, 1.165) is 27.8 Å². The molecule has 0 radical (unpaired) electrons. The van der Waals surface area contributed by atoms with Crippen LogP contribution in [-0.2, 0) is 23.8 Å². The Balaban J connectivity index is 1.12. The summed E-state index contributed by atoms with van der Waals surface area (Å²) in [5, 5.41) is 0.0126. The Labute approximate surface area is 300 Å². The number of carbonyl (C=O) groups excluding carboxylic acids is 3. The zero-order chi connectivity index (χ0) is 35.8. The number of aliphatic imine (C=N–C) groups is 2. The average Bonchev–Trinajstić information content (AvgIpc) is 3.63. The van der Waals surface area contributed by atoms with Gasteiger partial charge >= 0.3 is 0 Å². The highest BCUT2D eigenvalue weighted by Gasteiger charge is 2.35. The Bertz CT molecular complexity index is 1910. The highest BCUT2D eigenvalue weighted by Crippen LogP contribution is 2.40. The Morgan fingerprint density at radius 2 is 1.18 bits per heavy atom. The zero-order valence-corrected chi connectivity index (χ0v) is 29.6. The summed E-state index contributed by atoms with van der Waals surface area (Å²) in [6.45, 7) is 11.0. The molecule has 0 aliphatic carbocycles. The molecule has 2 saturated heterocycles. The number of thioether (sulfide) groups is 1. The Morgan fingerprint density at radius 3 is 1.61 bits per heavy atom. The minimum absolute atomic E-state index is 0.0126. The summed E-state index contributed by atoms with van der Waals surface area (Å²) in [6.07, 6.45) is 4.97. The lowest BCUT2D eigenvalue weighted by atomic mass is 10.1. The van der Waals surface area contributed by atoms with E-state index in [4.69, 9.17) is 18.9 Å². The van der Waals surface area contributed by atoms with Gasteiger partial charge in [-0.1, -0.05) is 48.2 Å². The van der Waals surface area contributed by atoms with Crippen LogP contribution in [0, 0.1) is 0 Å². The molecule has 3 aromatic carbocycles. The lowest BCUT2D eigenvalue weighted by Gasteiger charge is -2.20. The van der Waals surface area contributed by atoms with E-state index >= 15 is 0 Å². The third kappa shape index (κ3) is 7.01. The molecule has 3 aromatic rings. The molecule has 0 unspecified atom stereocenters. The highest BCUT2D eigenvalue weighted by molar-refractivity contribution is 8.12. The molecule has 0 aromatic heterocycles. The molecular formula is C39H38N4O7S. The van der Waals surface area contributed by atoms with Gasteiger partial charge < -0.3 is 28.7 Å². The van der Waals surface area contributed by atoms with Crippen LogP contribution in [0.25, 0.3) is 0 Å². The molecule has 0 spiro atoms. The molecule has 11 nitrogen and oxygen atoms in total. The van der Waals surface area contributed by atoms with Crippen molar-refractivity contribution in [2.45, 2.75) is 50.8 Å². The van der Waals surface area contributed by atoms with E-state index in [2.05, 4.69) is 23.1 Å². The van der Waals surface area contributed by atoms with Crippen LogP contribution < -0.4 is 18.9 Å². The van der Waals surface area contributed by atoms with Crippen LogP contribution in [0.15, 0.2) is 76.8 Å². The third-order valence-electron chi connectivity index (χ3n) is 9.25. The first-order valence-electron chi connectivity index (χ1n) is 16.6. The molecule has 0 bridgehead atoms. The molecule has 262 valence electrons. The van der Waals surface area contributed by atoms with Gasteiger partial charge in [-0.2, -0.15) is 0 Å². The van der Waals surface area contributed by atoms with Crippen LogP contribution in [0.3, 0.4) is 0 Å². The fourth-order valence-electron chi connectivity index (χ4n) is 6.81. The van der Waals surface area contributed by atoms with Gasteiger partial charge in [-0.3, -0.25) is 24.4 Å². The second-order valence-electron chi connectivity index (χ2n) is 13.0. The number of hydrogen-bond donors (Lipinski definition) is 0. The third-order valence-corrected chi connectivity index (χ3v) is 10.1. The number of ether oxygens (including phenoxy) is 4. The Hall–Kier alpha value is -5.36. The Kier molecular flexibility index (Phi) is 9.43. The monoisotopic (exact) mass is 706 g/mol. The average molecular weight is 707 g/mol. The minimum atomic E-state index is -0.122. The van der Waals surface area contributed by atoms with Crippen LogP contribution in [0.4, 0.5) is 11.4 Å². The molecule has 4 heterocycles. The molecule has 4 aliphatic heterocycles. The quantitative estimate of drug-likeness (QED) is 0.216. The maximum absolute atomic E-state index is 13.4. The molecule has 4 aliphatic rings. The zero-order valence-electron chi connectivity index (χ0n) is 28.8. The van der Waals surface area contributed by atoms with Crippen molar-refractivity contribution in [1.29, 1.82) is 0 Å². The molecule has 0 N–H and O–H groups in total. The first-order valence-corrected chi connectivity index (χ1v) is 17.6. The maximum atomic E-state index is 13.4. The van der Waals surface area contributed by atoms with Crippen molar-refractivity contribution in [3.63, 3.8) is 0 Å². The van der Waals surface area contributed by atoms with Gasteiger partial charge in [0, 0.05) is 50.3 Å². The largest absolute Gasteiger partial charge is 0.493 e. The molecule has 0 saturated carbocycles. The summed E-state index contributed by atoms with van der Waals surface area (Å²) < 4.78 is 23.9. The molecule has 2 fully saturated rings. The van der Waals surface area contributed by atoms with Crippen molar-refractivity contribution in [3.8, 4) is 23.0 Å². The first-order chi connectivity index (χ1) is 24.6. The van der Waals surface area contributed by atoms with E-state index in [0.29, 0.717) is 77.2 Å². The SMILES string of the molecule is C=C1C[C@H]2C=Nc3cc(OCc4cc(COc5cc6c(cc5OC)C(=O)N5CC(=C)C[C@H]5C=N6)cc(CSC(C)=O)c4)c(OC)cc3C(=O)N2C1. The van der Waals surface area contributed by atoms with Crippen molar-refractivity contribution in [3.05, 3.63) is 94.6 Å². The van der Waals surface area contributed by atoms with E-state index in [9.17, 15) is 14.4 Å². The number of nitrogens with zero attached hydrogens (tertiary/aromatic N) is 4. The Morgan fingerprint density at radius 1 is 0.725 bits per heavy atom. The number of hydrogen-bond acceptors (Lipinski definition) is 10. The summed E-state index contributed by atoms with van der Waals surface area (Å²) in [5.41, 5.74) is 6.54. The summed E-state index contributed by atoms with van der Waals surface area (Å²) >= 11 is 1.22. The van der Waals surface area contributed by atoms with E-state index in [1.165, 1.54) is 32.9 Å². The molecule has 12 heteroatoms. The molecule has 2 atom stereocenters. The lowest BCUT2D eigenvalue weighted by molar-refractivity contribution is -0.109. The van der Waals surface area contributed by atoms with Gasteiger partial charge in [-0.05, 0) is 47.7 Å². The maximum Gasteiger partial charge on any atom is 0.257 e. The molecule has 7 rings (SSSR count). The number of amides is 2. The number of fused-ring (bicyclic) bond motifs is 4. The molecule has 2 amide bonds.